The van der Waals surface area contributed by atoms with E-state index in [9.17, 15) is 4.79 Å². The van der Waals surface area contributed by atoms with Gasteiger partial charge in [0.1, 0.15) is 5.75 Å². The first-order chi connectivity index (χ1) is 9.58. The van der Waals surface area contributed by atoms with Crippen LogP contribution in [0.4, 0.5) is 0 Å². The molecule has 1 heterocycles. The number of nitrogens with one attached hydrogen (secondary N) is 2. The summed E-state index contributed by atoms with van der Waals surface area (Å²) in [4.78, 5) is 11.8. The first-order valence-corrected chi connectivity index (χ1v) is 6.29. The maximum atomic E-state index is 11.8. The van der Waals surface area contributed by atoms with E-state index in [1.165, 1.54) is 0 Å². The van der Waals surface area contributed by atoms with Gasteiger partial charge in [-0.1, -0.05) is 23.4 Å². The van der Waals surface area contributed by atoms with Crippen molar-refractivity contribution in [1.29, 1.82) is 0 Å². The van der Waals surface area contributed by atoms with E-state index >= 15 is 0 Å². The van der Waals surface area contributed by atoms with Gasteiger partial charge >= 0.3 is 0 Å². The number of tetrazole rings is 1. The monoisotopic (exact) mass is 275 g/mol. The number of amides is 1. The number of H-pyrrole nitrogens is 1. The van der Waals surface area contributed by atoms with Gasteiger partial charge in [-0.3, -0.25) is 4.79 Å². The Labute approximate surface area is 116 Å². The van der Waals surface area contributed by atoms with Crippen molar-refractivity contribution in [2.24, 2.45) is 0 Å². The predicted octanol–water partition coefficient (Wildman–Crippen LogP) is 1.07. The number of hydrogen-bond acceptors (Lipinski definition) is 5. The number of aromatic nitrogens is 4. The van der Waals surface area contributed by atoms with Crippen LogP contribution in [-0.2, 0) is 4.79 Å². The molecule has 0 fully saturated rings. The molecule has 1 aromatic heterocycles. The fourth-order valence-corrected chi connectivity index (χ4v) is 1.87. The van der Waals surface area contributed by atoms with E-state index in [2.05, 4.69) is 25.9 Å². The molecule has 0 bridgehead atoms. The number of aryl methyl sites for hydroxylation is 2. The van der Waals surface area contributed by atoms with E-state index in [0.29, 0.717) is 5.82 Å². The third-order valence-corrected chi connectivity index (χ3v) is 2.88. The number of aromatic amines is 1. The van der Waals surface area contributed by atoms with Crippen LogP contribution in [0.1, 0.15) is 29.9 Å². The second-order valence-electron chi connectivity index (χ2n) is 4.57. The van der Waals surface area contributed by atoms with E-state index in [0.717, 1.165) is 16.9 Å². The predicted molar refractivity (Wildman–Crippen MR) is 72.1 cm³/mol. The van der Waals surface area contributed by atoms with E-state index < -0.39 is 0 Å². The molecule has 2 aromatic rings. The van der Waals surface area contributed by atoms with Crippen LogP contribution in [-0.4, -0.2) is 33.1 Å². The number of carbonyl (C=O) groups is 1. The van der Waals surface area contributed by atoms with E-state index in [-0.39, 0.29) is 18.6 Å². The summed E-state index contributed by atoms with van der Waals surface area (Å²) in [6, 6.07) is 5.53. The van der Waals surface area contributed by atoms with Crippen LogP contribution >= 0.6 is 0 Å². The van der Waals surface area contributed by atoms with Crippen LogP contribution < -0.4 is 10.1 Å². The van der Waals surface area contributed by atoms with Crippen LogP contribution in [0.5, 0.6) is 5.75 Å². The standard InChI is InChI=1S/C13H17N5O2/c1-8-5-4-6-9(2)12(8)20-7-11(19)14-10(3)13-15-17-18-16-13/h4-6,10H,7H2,1-3H3,(H,14,19)(H,15,16,17,18). The quantitative estimate of drug-likeness (QED) is 0.851. The Balaban J connectivity index is 1.89. The van der Waals surface area contributed by atoms with Crippen molar-refractivity contribution in [1.82, 2.24) is 25.9 Å². The van der Waals surface area contributed by atoms with Gasteiger partial charge in [0.05, 0.1) is 6.04 Å². The second kappa shape index (κ2) is 6.14. The fraction of sp³-hybridized carbons (Fsp3) is 0.385. The Kier molecular flexibility index (Phi) is 4.29. The molecule has 0 aliphatic heterocycles. The lowest BCUT2D eigenvalue weighted by molar-refractivity contribution is -0.123. The molecule has 0 saturated carbocycles. The zero-order chi connectivity index (χ0) is 14.5. The van der Waals surface area contributed by atoms with Crippen molar-refractivity contribution < 1.29 is 9.53 Å². The molecule has 7 heteroatoms. The number of benzene rings is 1. The second-order valence-corrected chi connectivity index (χ2v) is 4.57. The summed E-state index contributed by atoms with van der Waals surface area (Å²) >= 11 is 0. The lowest BCUT2D eigenvalue weighted by Gasteiger charge is -2.13. The summed E-state index contributed by atoms with van der Waals surface area (Å²) in [6.45, 7) is 5.63. The first kappa shape index (κ1) is 14.0. The van der Waals surface area contributed by atoms with Gasteiger partial charge < -0.3 is 10.1 Å². The Bertz CT molecular complexity index is 562. The highest BCUT2D eigenvalue weighted by Crippen LogP contribution is 2.22. The third-order valence-electron chi connectivity index (χ3n) is 2.88. The van der Waals surface area contributed by atoms with Crippen molar-refractivity contribution in [2.75, 3.05) is 6.61 Å². The lowest BCUT2D eigenvalue weighted by atomic mass is 10.1. The molecule has 1 atom stereocenters. The summed E-state index contributed by atoms with van der Waals surface area (Å²) in [5.41, 5.74) is 2.01. The van der Waals surface area contributed by atoms with Gasteiger partial charge in [0, 0.05) is 0 Å². The number of carbonyl (C=O) groups excluding carboxylic acids is 1. The van der Waals surface area contributed by atoms with E-state index in [1.807, 2.05) is 32.0 Å². The van der Waals surface area contributed by atoms with Crippen LogP contribution in [0.25, 0.3) is 0 Å². The zero-order valence-electron chi connectivity index (χ0n) is 11.7. The smallest absolute Gasteiger partial charge is 0.258 e. The maximum absolute atomic E-state index is 11.8. The SMILES string of the molecule is Cc1cccc(C)c1OCC(=O)NC(C)c1nn[nH]n1. The summed E-state index contributed by atoms with van der Waals surface area (Å²) in [6.07, 6.45) is 0. The topological polar surface area (TPSA) is 92.8 Å². The summed E-state index contributed by atoms with van der Waals surface area (Å²) in [5, 5.41) is 16.2. The van der Waals surface area contributed by atoms with Crippen LogP contribution in [0.2, 0.25) is 0 Å². The Morgan fingerprint density at radius 1 is 1.40 bits per heavy atom. The molecule has 2 rings (SSSR count). The molecule has 0 spiro atoms. The molecule has 0 radical (unpaired) electrons. The van der Waals surface area contributed by atoms with Crippen LogP contribution in [0.15, 0.2) is 18.2 Å². The Morgan fingerprint density at radius 2 is 2.10 bits per heavy atom. The highest BCUT2D eigenvalue weighted by Gasteiger charge is 2.14. The van der Waals surface area contributed by atoms with E-state index in [1.54, 1.807) is 6.92 Å². The Morgan fingerprint density at radius 3 is 2.70 bits per heavy atom. The molecule has 7 nitrogen and oxygen atoms in total. The molecule has 2 N–H and O–H groups in total. The minimum Gasteiger partial charge on any atom is -0.483 e. The van der Waals surface area contributed by atoms with Crippen molar-refractivity contribution in [3.63, 3.8) is 0 Å². The van der Waals surface area contributed by atoms with Gasteiger partial charge in [0.15, 0.2) is 12.4 Å². The van der Waals surface area contributed by atoms with Crippen molar-refractivity contribution in [3.05, 3.63) is 35.2 Å². The van der Waals surface area contributed by atoms with Crippen LogP contribution in [0, 0.1) is 13.8 Å². The van der Waals surface area contributed by atoms with Gasteiger partial charge in [-0.2, -0.15) is 5.21 Å². The third kappa shape index (κ3) is 3.31. The molecule has 1 aromatic carbocycles. The lowest BCUT2D eigenvalue weighted by Crippen LogP contribution is -2.32. The average Bonchev–Trinajstić information content (AvgIpc) is 2.92. The molecule has 0 aliphatic carbocycles. The number of hydrogen-bond donors (Lipinski definition) is 2. The highest BCUT2D eigenvalue weighted by atomic mass is 16.5. The van der Waals surface area contributed by atoms with Gasteiger partial charge in [0.2, 0.25) is 0 Å². The molecule has 0 saturated heterocycles. The summed E-state index contributed by atoms with van der Waals surface area (Å²) < 4.78 is 5.57. The number of para-hydroxylation sites is 1. The van der Waals surface area contributed by atoms with Gasteiger partial charge in [-0.05, 0) is 31.9 Å². The van der Waals surface area contributed by atoms with Crippen molar-refractivity contribution in [2.45, 2.75) is 26.8 Å². The minimum atomic E-state index is -0.317. The number of nitrogens with zero attached hydrogens (tertiary/aromatic N) is 3. The van der Waals surface area contributed by atoms with E-state index in [4.69, 9.17) is 4.74 Å². The molecule has 106 valence electrons. The first-order valence-electron chi connectivity index (χ1n) is 6.29. The normalized spacial score (nSPS) is 11.9. The van der Waals surface area contributed by atoms with Gasteiger partial charge in [0.25, 0.3) is 5.91 Å². The van der Waals surface area contributed by atoms with Crippen LogP contribution in [0.3, 0.4) is 0 Å². The largest absolute Gasteiger partial charge is 0.483 e. The molecule has 20 heavy (non-hydrogen) atoms. The maximum Gasteiger partial charge on any atom is 0.258 e. The molecule has 0 aliphatic rings. The molecule has 1 unspecified atom stereocenters. The molecular weight excluding hydrogens is 258 g/mol. The minimum absolute atomic E-state index is 0.0477. The summed E-state index contributed by atoms with van der Waals surface area (Å²) in [7, 11) is 0. The van der Waals surface area contributed by atoms with Crippen molar-refractivity contribution >= 4 is 5.91 Å². The number of rotatable bonds is 5. The summed E-state index contributed by atoms with van der Waals surface area (Å²) in [5.74, 6) is 0.949. The van der Waals surface area contributed by atoms with Crippen molar-refractivity contribution in [3.8, 4) is 5.75 Å². The zero-order valence-corrected chi connectivity index (χ0v) is 11.7. The Hall–Kier alpha value is -2.44. The molecule has 1 amide bonds. The fourth-order valence-electron chi connectivity index (χ4n) is 1.87. The number of ether oxygens (including phenoxy) is 1. The highest BCUT2D eigenvalue weighted by molar-refractivity contribution is 5.78. The van der Waals surface area contributed by atoms with Gasteiger partial charge in [-0.15, -0.1) is 10.2 Å². The van der Waals surface area contributed by atoms with Gasteiger partial charge in [-0.25, -0.2) is 0 Å². The average molecular weight is 275 g/mol. The molecular formula is C13H17N5O2.